The molecule has 0 spiro atoms. The standard InChI is InChI=1S/C4H6ClSi/c1-3(2)4(5)6/h1-2H3. The molecule has 3 radical (unpaired) electrons. The highest BCUT2D eigenvalue weighted by Crippen LogP contribution is 2.00. The first-order valence-corrected chi connectivity index (χ1v) is 2.57. The van der Waals surface area contributed by atoms with Crippen molar-refractivity contribution in [2.45, 2.75) is 13.8 Å². The van der Waals surface area contributed by atoms with Crippen molar-refractivity contribution in [3.05, 3.63) is 10.2 Å². The van der Waals surface area contributed by atoms with Gasteiger partial charge in [-0.1, -0.05) is 17.2 Å². The van der Waals surface area contributed by atoms with Crippen LogP contribution < -0.4 is 0 Å². The zero-order valence-electron chi connectivity index (χ0n) is 3.88. The van der Waals surface area contributed by atoms with Gasteiger partial charge in [-0.25, -0.2) is 0 Å². The summed E-state index contributed by atoms with van der Waals surface area (Å²) in [4.78, 5) is 0. The molecule has 0 amide bonds. The fraction of sp³-hybridized carbons (Fsp3) is 0.500. The SMILES string of the molecule is CC(C)=C([Si])Cl. The fourth-order valence-corrected chi connectivity index (χ4v) is 0. The summed E-state index contributed by atoms with van der Waals surface area (Å²) in [6.07, 6.45) is 0. The van der Waals surface area contributed by atoms with Gasteiger partial charge in [0.25, 0.3) is 0 Å². The van der Waals surface area contributed by atoms with Crippen LogP contribution in [-0.4, -0.2) is 10.2 Å². The molecule has 0 aromatic heterocycles. The summed E-state index contributed by atoms with van der Waals surface area (Å²) < 4.78 is 0.704. The maximum Gasteiger partial charge on any atom is 0.0884 e. The van der Waals surface area contributed by atoms with Crippen LogP contribution in [0, 0.1) is 0 Å². The van der Waals surface area contributed by atoms with E-state index >= 15 is 0 Å². The van der Waals surface area contributed by atoms with Gasteiger partial charge in [-0.05, 0) is 18.5 Å². The lowest BCUT2D eigenvalue weighted by Gasteiger charge is -1.84. The Morgan fingerprint density at radius 1 is 1.50 bits per heavy atom. The molecule has 0 saturated heterocycles. The second kappa shape index (κ2) is 2.43. The Morgan fingerprint density at radius 3 is 1.67 bits per heavy atom. The minimum atomic E-state index is 0.704. The first kappa shape index (κ1) is 6.25. The van der Waals surface area contributed by atoms with Crippen molar-refractivity contribution in [2.24, 2.45) is 0 Å². The van der Waals surface area contributed by atoms with E-state index in [1.54, 1.807) is 0 Å². The highest BCUT2D eigenvalue weighted by Gasteiger charge is 1.78. The van der Waals surface area contributed by atoms with Gasteiger partial charge in [0.1, 0.15) is 0 Å². The van der Waals surface area contributed by atoms with E-state index in [0.717, 1.165) is 5.57 Å². The van der Waals surface area contributed by atoms with Crippen molar-refractivity contribution in [1.29, 1.82) is 0 Å². The Bertz CT molecular complexity index is 57.6. The van der Waals surface area contributed by atoms with E-state index in [4.69, 9.17) is 11.6 Å². The summed E-state index contributed by atoms with van der Waals surface area (Å²) in [6, 6.07) is 0. The topological polar surface area (TPSA) is 0 Å². The van der Waals surface area contributed by atoms with Crippen molar-refractivity contribution in [1.82, 2.24) is 0 Å². The predicted octanol–water partition coefficient (Wildman–Crippen LogP) is 1.65. The molecule has 0 aromatic rings. The third-order valence-corrected chi connectivity index (χ3v) is 1.32. The molecule has 6 heavy (non-hydrogen) atoms. The van der Waals surface area contributed by atoms with Gasteiger partial charge >= 0.3 is 0 Å². The predicted molar refractivity (Wildman–Crippen MR) is 30.0 cm³/mol. The molecule has 0 fully saturated rings. The number of rotatable bonds is 0. The Labute approximate surface area is 46.6 Å². The molecule has 0 aromatic carbocycles. The Balaban J connectivity index is 3.68. The molecule has 0 heterocycles. The molecule has 0 aliphatic heterocycles. The van der Waals surface area contributed by atoms with E-state index in [2.05, 4.69) is 10.2 Å². The van der Waals surface area contributed by atoms with Gasteiger partial charge in [-0.2, -0.15) is 0 Å². The van der Waals surface area contributed by atoms with Gasteiger partial charge in [0.05, 0.1) is 10.2 Å². The molecule has 0 unspecified atom stereocenters. The monoisotopic (exact) mass is 117 g/mol. The van der Waals surface area contributed by atoms with Crippen LogP contribution in [0.15, 0.2) is 10.2 Å². The lowest BCUT2D eigenvalue weighted by molar-refractivity contribution is 1.40. The van der Waals surface area contributed by atoms with E-state index in [1.807, 2.05) is 13.8 Å². The molecule has 0 aliphatic rings. The van der Waals surface area contributed by atoms with Crippen molar-refractivity contribution >= 4 is 21.8 Å². The minimum Gasteiger partial charge on any atom is -0.0952 e. The Kier molecular flexibility index (Phi) is 2.52. The average Bonchev–Trinajstić information content (AvgIpc) is 1.36. The first-order chi connectivity index (χ1) is 2.64. The van der Waals surface area contributed by atoms with Crippen LogP contribution in [0.25, 0.3) is 0 Å². The lowest BCUT2D eigenvalue weighted by atomic mass is 10.4. The van der Waals surface area contributed by atoms with Gasteiger partial charge in [0.2, 0.25) is 0 Å². The van der Waals surface area contributed by atoms with Crippen molar-refractivity contribution in [3.63, 3.8) is 0 Å². The van der Waals surface area contributed by atoms with Crippen LogP contribution in [0.5, 0.6) is 0 Å². The number of halogens is 1. The molecular weight excluding hydrogens is 112 g/mol. The number of allylic oxidation sites excluding steroid dienone is 1. The molecule has 0 nitrogen and oxygen atoms in total. The third kappa shape index (κ3) is 2.48. The normalized spacial score (nSPS) is 8.00. The van der Waals surface area contributed by atoms with Gasteiger partial charge in [0, 0.05) is 0 Å². The van der Waals surface area contributed by atoms with Crippen molar-refractivity contribution < 1.29 is 0 Å². The molecule has 33 valence electrons. The molecule has 0 rings (SSSR count). The molecular formula is C4H6ClSi. The van der Waals surface area contributed by atoms with Gasteiger partial charge in [-0.3, -0.25) is 0 Å². The van der Waals surface area contributed by atoms with Gasteiger partial charge in [-0.15, -0.1) is 0 Å². The summed E-state index contributed by atoms with van der Waals surface area (Å²) in [5.41, 5.74) is 1.10. The third-order valence-electron chi connectivity index (χ3n) is 0.439. The largest absolute Gasteiger partial charge is 0.0952 e. The number of hydrogen-bond donors (Lipinski definition) is 0. The van der Waals surface area contributed by atoms with Crippen LogP contribution in [0.1, 0.15) is 13.8 Å². The molecule has 0 N–H and O–H groups in total. The lowest BCUT2D eigenvalue weighted by Crippen LogP contribution is -1.69. The quantitative estimate of drug-likeness (QED) is 0.424. The maximum absolute atomic E-state index is 5.41. The van der Waals surface area contributed by atoms with Crippen LogP contribution in [0.2, 0.25) is 0 Å². The fourth-order valence-electron chi connectivity index (χ4n) is 0. The van der Waals surface area contributed by atoms with Crippen molar-refractivity contribution in [3.8, 4) is 0 Å². The number of hydrogen-bond acceptors (Lipinski definition) is 0. The Morgan fingerprint density at radius 2 is 1.67 bits per heavy atom. The molecule has 0 saturated carbocycles. The summed E-state index contributed by atoms with van der Waals surface area (Å²) >= 11 is 5.41. The van der Waals surface area contributed by atoms with Crippen LogP contribution >= 0.6 is 11.6 Å². The Hall–Kier alpha value is 0.247. The maximum atomic E-state index is 5.41. The van der Waals surface area contributed by atoms with Gasteiger partial charge < -0.3 is 0 Å². The zero-order chi connectivity index (χ0) is 5.15. The minimum absolute atomic E-state index is 0.704. The molecule has 0 atom stereocenters. The highest BCUT2D eigenvalue weighted by atomic mass is 35.5. The molecule has 0 aliphatic carbocycles. The van der Waals surface area contributed by atoms with E-state index in [0.29, 0.717) is 4.66 Å². The van der Waals surface area contributed by atoms with Crippen molar-refractivity contribution in [2.75, 3.05) is 0 Å². The summed E-state index contributed by atoms with van der Waals surface area (Å²) in [6.45, 7) is 3.88. The smallest absolute Gasteiger partial charge is 0.0884 e. The second-order valence-corrected chi connectivity index (χ2v) is 2.51. The van der Waals surface area contributed by atoms with Crippen LogP contribution in [0.3, 0.4) is 0 Å². The summed E-state index contributed by atoms with van der Waals surface area (Å²) in [5, 5.41) is 0. The highest BCUT2D eigenvalue weighted by molar-refractivity contribution is 6.52. The van der Waals surface area contributed by atoms with Crippen LogP contribution in [0.4, 0.5) is 0 Å². The second-order valence-electron chi connectivity index (χ2n) is 1.31. The summed E-state index contributed by atoms with van der Waals surface area (Å²) in [5.74, 6) is 0. The zero-order valence-corrected chi connectivity index (χ0v) is 5.63. The van der Waals surface area contributed by atoms with E-state index in [1.165, 1.54) is 0 Å². The average molecular weight is 118 g/mol. The first-order valence-electron chi connectivity index (χ1n) is 1.69. The molecule has 2 heteroatoms. The van der Waals surface area contributed by atoms with E-state index < -0.39 is 0 Å². The van der Waals surface area contributed by atoms with Gasteiger partial charge in [0.15, 0.2) is 0 Å². The van der Waals surface area contributed by atoms with E-state index in [9.17, 15) is 0 Å². The van der Waals surface area contributed by atoms with E-state index in [-0.39, 0.29) is 0 Å². The molecule has 0 bridgehead atoms. The van der Waals surface area contributed by atoms with Crippen LogP contribution in [-0.2, 0) is 0 Å². The summed E-state index contributed by atoms with van der Waals surface area (Å²) in [7, 11) is 3.13.